The summed E-state index contributed by atoms with van der Waals surface area (Å²) in [6, 6.07) is 0.933. The van der Waals surface area contributed by atoms with Crippen LogP contribution in [0.3, 0.4) is 0 Å². The third kappa shape index (κ3) is 2.87. The van der Waals surface area contributed by atoms with Gasteiger partial charge in [0.15, 0.2) is 0 Å². The molecule has 0 radical (unpaired) electrons. The molecule has 4 unspecified atom stereocenters. The summed E-state index contributed by atoms with van der Waals surface area (Å²) in [7, 11) is 0. The number of fused-ring (bicyclic) bond motifs is 1. The predicted molar refractivity (Wildman–Crippen MR) is 74.5 cm³/mol. The molecule has 2 saturated heterocycles. The van der Waals surface area contributed by atoms with Crippen molar-refractivity contribution in [2.24, 2.45) is 5.73 Å². The lowest BCUT2D eigenvalue weighted by atomic mass is 9.84. The summed E-state index contributed by atoms with van der Waals surface area (Å²) in [4.78, 5) is 2.61. The zero-order valence-corrected chi connectivity index (χ0v) is 11.9. The molecule has 4 heteroatoms. The SMILES string of the molecule is CC(O)CC(C)NC1(CN)CCN2CCCCC21. The van der Waals surface area contributed by atoms with E-state index >= 15 is 0 Å². The molecule has 2 rings (SSSR count). The summed E-state index contributed by atoms with van der Waals surface area (Å²) in [5, 5.41) is 13.2. The molecule has 0 spiro atoms. The minimum atomic E-state index is -0.244. The third-order valence-corrected chi connectivity index (χ3v) is 4.69. The Labute approximate surface area is 111 Å². The Morgan fingerprint density at radius 3 is 2.83 bits per heavy atom. The third-order valence-electron chi connectivity index (χ3n) is 4.69. The molecule has 2 fully saturated rings. The van der Waals surface area contributed by atoms with E-state index in [9.17, 15) is 5.11 Å². The lowest BCUT2D eigenvalue weighted by Crippen LogP contribution is -2.62. The molecule has 4 atom stereocenters. The van der Waals surface area contributed by atoms with Crippen LogP contribution in [0.25, 0.3) is 0 Å². The van der Waals surface area contributed by atoms with Crippen molar-refractivity contribution in [3.8, 4) is 0 Å². The number of hydrogen-bond acceptors (Lipinski definition) is 4. The lowest BCUT2D eigenvalue weighted by molar-refractivity contribution is 0.119. The number of nitrogens with two attached hydrogens (primary N) is 1. The first-order valence-electron chi connectivity index (χ1n) is 7.47. The van der Waals surface area contributed by atoms with Crippen LogP contribution in [-0.2, 0) is 0 Å². The number of nitrogens with zero attached hydrogens (tertiary/aromatic N) is 1. The number of aliphatic hydroxyl groups is 1. The number of nitrogens with one attached hydrogen (secondary N) is 1. The molecular weight excluding hydrogens is 226 g/mol. The van der Waals surface area contributed by atoms with Crippen molar-refractivity contribution in [2.45, 2.75) is 69.7 Å². The van der Waals surface area contributed by atoms with Gasteiger partial charge in [-0.25, -0.2) is 0 Å². The Balaban J connectivity index is 2.01. The highest BCUT2D eigenvalue weighted by atomic mass is 16.3. The first-order valence-corrected chi connectivity index (χ1v) is 7.47. The van der Waals surface area contributed by atoms with Crippen molar-refractivity contribution >= 4 is 0 Å². The van der Waals surface area contributed by atoms with Crippen molar-refractivity contribution in [1.29, 1.82) is 0 Å². The summed E-state index contributed by atoms with van der Waals surface area (Å²) in [5.41, 5.74) is 6.18. The van der Waals surface area contributed by atoms with E-state index in [1.54, 1.807) is 0 Å². The fourth-order valence-electron chi connectivity index (χ4n) is 3.92. The summed E-state index contributed by atoms with van der Waals surface area (Å²) in [6.45, 7) is 7.14. The Morgan fingerprint density at radius 1 is 1.39 bits per heavy atom. The fraction of sp³-hybridized carbons (Fsp3) is 1.00. The Morgan fingerprint density at radius 2 is 2.17 bits per heavy atom. The van der Waals surface area contributed by atoms with E-state index in [0.717, 1.165) is 12.8 Å². The normalized spacial score (nSPS) is 36.3. The van der Waals surface area contributed by atoms with Gasteiger partial charge < -0.3 is 16.2 Å². The first kappa shape index (κ1) is 14.3. The van der Waals surface area contributed by atoms with Gasteiger partial charge in [0.05, 0.1) is 6.10 Å². The Hall–Kier alpha value is -0.160. The maximum absolute atomic E-state index is 9.50. The average Bonchev–Trinajstić information content (AvgIpc) is 2.68. The highest BCUT2D eigenvalue weighted by molar-refractivity contribution is 5.08. The Bertz CT molecular complexity index is 272. The highest BCUT2D eigenvalue weighted by Gasteiger charge is 2.47. The van der Waals surface area contributed by atoms with Gasteiger partial charge in [-0.2, -0.15) is 0 Å². The molecule has 0 aromatic carbocycles. The molecule has 2 heterocycles. The molecule has 0 saturated carbocycles. The molecule has 0 aliphatic carbocycles. The average molecular weight is 255 g/mol. The minimum absolute atomic E-state index is 0.0781. The molecule has 0 bridgehead atoms. The molecular formula is C14H29N3O. The molecule has 0 aromatic rings. The smallest absolute Gasteiger partial charge is 0.0526 e. The molecule has 2 aliphatic heterocycles. The van der Waals surface area contributed by atoms with Gasteiger partial charge >= 0.3 is 0 Å². The maximum Gasteiger partial charge on any atom is 0.0526 e. The second kappa shape index (κ2) is 5.87. The zero-order valence-electron chi connectivity index (χ0n) is 11.9. The monoisotopic (exact) mass is 255 g/mol. The van der Waals surface area contributed by atoms with Gasteiger partial charge in [0.25, 0.3) is 0 Å². The van der Waals surface area contributed by atoms with E-state index < -0.39 is 0 Å². The van der Waals surface area contributed by atoms with E-state index in [1.807, 2.05) is 6.92 Å². The number of hydrogen-bond donors (Lipinski definition) is 3. The van der Waals surface area contributed by atoms with Crippen LogP contribution in [0, 0.1) is 0 Å². The van der Waals surface area contributed by atoms with Gasteiger partial charge in [0.1, 0.15) is 0 Å². The van der Waals surface area contributed by atoms with Crippen LogP contribution >= 0.6 is 0 Å². The number of rotatable bonds is 5. The fourth-order valence-corrected chi connectivity index (χ4v) is 3.92. The molecule has 18 heavy (non-hydrogen) atoms. The Kier molecular flexibility index (Phi) is 4.64. The van der Waals surface area contributed by atoms with Crippen LogP contribution in [0.2, 0.25) is 0 Å². The molecule has 0 amide bonds. The van der Waals surface area contributed by atoms with Crippen LogP contribution in [0.4, 0.5) is 0 Å². The summed E-state index contributed by atoms with van der Waals surface area (Å²) in [6.07, 6.45) is 5.64. The van der Waals surface area contributed by atoms with E-state index in [4.69, 9.17) is 5.73 Å². The molecule has 4 nitrogen and oxygen atoms in total. The summed E-state index contributed by atoms with van der Waals surface area (Å²) < 4.78 is 0. The van der Waals surface area contributed by atoms with Crippen molar-refractivity contribution in [3.63, 3.8) is 0 Å². The summed E-state index contributed by atoms with van der Waals surface area (Å²) >= 11 is 0. The van der Waals surface area contributed by atoms with E-state index in [-0.39, 0.29) is 11.6 Å². The van der Waals surface area contributed by atoms with Crippen molar-refractivity contribution in [2.75, 3.05) is 19.6 Å². The van der Waals surface area contributed by atoms with E-state index in [1.165, 1.54) is 32.4 Å². The van der Waals surface area contributed by atoms with Crippen LogP contribution in [0.15, 0.2) is 0 Å². The van der Waals surface area contributed by atoms with Gasteiger partial charge in [-0.05, 0) is 46.1 Å². The van der Waals surface area contributed by atoms with Gasteiger partial charge in [-0.1, -0.05) is 6.42 Å². The second-order valence-corrected chi connectivity index (χ2v) is 6.29. The molecule has 2 aliphatic rings. The zero-order chi connectivity index (χ0) is 13.2. The number of piperidine rings is 1. The van der Waals surface area contributed by atoms with Crippen LogP contribution in [0.5, 0.6) is 0 Å². The van der Waals surface area contributed by atoms with Gasteiger partial charge in [-0.3, -0.25) is 4.90 Å². The van der Waals surface area contributed by atoms with Gasteiger partial charge in [0.2, 0.25) is 0 Å². The standard InChI is InChI=1S/C14H29N3O/c1-11(9-12(2)18)16-14(10-15)6-8-17-7-4-3-5-13(14)17/h11-13,16,18H,3-10,15H2,1-2H3. The largest absolute Gasteiger partial charge is 0.393 e. The van der Waals surface area contributed by atoms with Crippen LogP contribution < -0.4 is 11.1 Å². The molecule has 4 N–H and O–H groups in total. The summed E-state index contributed by atoms with van der Waals surface area (Å²) in [5.74, 6) is 0. The highest BCUT2D eigenvalue weighted by Crippen LogP contribution is 2.35. The van der Waals surface area contributed by atoms with Gasteiger partial charge in [0, 0.05) is 30.7 Å². The molecule has 0 aromatic heterocycles. The second-order valence-electron chi connectivity index (χ2n) is 6.29. The first-order chi connectivity index (χ1) is 8.57. The quantitative estimate of drug-likeness (QED) is 0.676. The predicted octanol–water partition coefficient (Wildman–Crippen LogP) is 0.691. The lowest BCUT2D eigenvalue weighted by Gasteiger charge is -2.42. The molecule has 106 valence electrons. The van der Waals surface area contributed by atoms with Crippen LogP contribution in [0.1, 0.15) is 46.0 Å². The minimum Gasteiger partial charge on any atom is -0.393 e. The maximum atomic E-state index is 9.50. The number of aliphatic hydroxyl groups excluding tert-OH is 1. The topological polar surface area (TPSA) is 61.5 Å². The van der Waals surface area contributed by atoms with Crippen LogP contribution in [-0.4, -0.2) is 53.4 Å². The van der Waals surface area contributed by atoms with E-state index in [2.05, 4.69) is 17.1 Å². The van der Waals surface area contributed by atoms with E-state index in [0.29, 0.717) is 18.6 Å². The van der Waals surface area contributed by atoms with Gasteiger partial charge in [-0.15, -0.1) is 0 Å². The van der Waals surface area contributed by atoms with Crippen molar-refractivity contribution in [3.05, 3.63) is 0 Å². The van der Waals surface area contributed by atoms with Crippen molar-refractivity contribution in [1.82, 2.24) is 10.2 Å². The van der Waals surface area contributed by atoms with Crippen molar-refractivity contribution < 1.29 is 5.11 Å².